The zero-order valence-electron chi connectivity index (χ0n) is 8.39. The predicted octanol–water partition coefficient (Wildman–Crippen LogP) is 2.69. The molecule has 1 aromatic rings. The molecule has 0 aliphatic rings. The SMILES string of the molecule is CC/[N+]([O-])=C\CC=Cc1ccccc1. The van der Waals surface area contributed by atoms with Crippen LogP contribution in [-0.2, 0) is 0 Å². The van der Waals surface area contributed by atoms with Crippen LogP contribution in [0, 0.1) is 5.21 Å². The van der Waals surface area contributed by atoms with E-state index in [1.165, 1.54) is 0 Å². The molecule has 0 aliphatic carbocycles. The van der Waals surface area contributed by atoms with Crippen LogP contribution in [0.2, 0.25) is 0 Å². The van der Waals surface area contributed by atoms with Gasteiger partial charge in [-0.15, -0.1) is 0 Å². The molecular formula is C12H15NO. The van der Waals surface area contributed by atoms with Gasteiger partial charge in [-0.1, -0.05) is 42.5 Å². The number of nitrogens with zero attached hydrogens (tertiary/aromatic N) is 1. The molecule has 0 fully saturated rings. The standard InChI is InChI=1S/C12H15NO/c1-2-13(14)11-7-6-10-12-8-4-3-5-9-12/h3-6,8-11H,2,7H2,1H3/b10-6?,13-11+. The molecular weight excluding hydrogens is 174 g/mol. The molecule has 1 rings (SSSR count). The minimum atomic E-state index is 0.513. The van der Waals surface area contributed by atoms with Gasteiger partial charge in [-0.2, -0.15) is 0 Å². The molecule has 0 heterocycles. The summed E-state index contributed by atoms with van der Waals surface area (Å²) in [6.45, 7) is 2.35. The summed E-state index contributed by atoms with van der Waals surface area (Å²) < 4.78 is 0.940. The first-order chi connectivity index (χ1) is 6.83. The molecule has 2 heteroatoms. The van der Waals surface area contributed by atoms with Crippen LogP contribution in [0.3, 0.4) is 0 Å². The highest BCUT2D eigenvalue weighted by Crippen LogP contribution is 2.00. The van der Waals surface area contributed by atoms with Gasteiger partial charge in [0.05, 0.1) is 0 Å². The highest BCUT2D eigenvalue weighted by molar-refractivity contribution is 5.58. The summed E-state index contributed by atoms with van der Waals surface area (Å²) in [7, 11) is 0. The van der Waals surface area contributed by atoms with E-state index in [-0.39, 0.29) is 0 Å². The van der Waals surface area contributed by atoms with Crippen molar-refractivity contribution in [2.24, 2.45) is 0 Å². The first-order valence-corrected chi connectivity index (χ1v) is 4.81. The van der Waals surface area contributed by atoms with Crippen LogP contribution in [0.5, 0.6) is 0 Å². The van der Waals surface area contributed by atoms with E-state index in [0.717, 1.165) is 10.3 Å². The van der Waals surface area contributed by atoms with E-state index >= 15 is 0 Å². The lowest BCUT2D eigenvalue weighted by molar-refractivity contribution is -0.449. The van der Waals surface area contributed by atoms with Crippen LogP contribution >= 0.6 is 0 Å². The molecule has 0 atom stereocenters. The van der Waals surface area contributed by atoms with Gasteiger partial charge >= 0.3 is 0 Å². The third-order valence-corrected chi connectivity index (χ3v) is 1.87. The van der Waals surface area contributed by atoms with Crippen LogP contribution in [0.4, 0.5) is 0 Å². The Labute approximate surface area is 84.8 Å². The summed E-state index contributed by atoms with van der Waals surface area (Å²) in [6.07, 6.45) is 6.32. The Morgan fingerprint density at radius 1 is 1.29 bits per heavy atom. The van der Waals surface area contributed by atoms with Crippen molar-refractivity contribution < 1.29 is 4.74 Å². The molecule has 0 saturated carbocycles. The molecule has 0 aliphatic heterocycles. The normalized spacial score (nSPS) is 12.2. The van der Waals surface area contributed by atoms with E-state index in [4.69, 9.17) is 0 Å². The van der Waals surface area contributed by atoms with Gasteiger partial charge in [0, 0.05) is 6.42 Å². The fraction of sp³-hybridized carbons (Fsp3) is 0.250. The van der Waals surface area contributed by atoms with Crippen molar-refractivity contribution in [2.75, 3.05) is 6.54 Å². The maximum atomic E-state index is 10.9. The van der Waals surface area contributed by atoms with Gasteiger partial charge in [0.25, 0.3) is 0 Å². The Bertz CT molecular complexity index is 314. The van der Waals surface area contributed by atoms with Crippen molar-refractivity contribution in [1.82, 2.24) is 0 Å². The van der Waals surface area contributed by atoms with Crippen molar-refractivity contribution in [1.29, 1.82) is 0 Å². The maximum absolute atomic E-state index is 10.9. The first-order valence-electron chi connectivity index (χ1n) is 4.81. The molecule has 0 saturated heterocycles. The molecule has 74 valence electrons. The summed E-state index contributed by atoms with van der Waals surface area (Å²) in [5.41, 5.74) is 1.16. The second kappa shape index (κ2) is 5.97. The molecule has 0 N–H and O–H groups in total. The van der Waals surface area contributed by atoms with Crippen LogP contribution in [0.25, 0.3) is 6.08 Å². The Kier molecular flexibility index (Phi) is 4.48. The van der Waals surface area contributed by atoms with Crippen molar-refractivity contribution >= 4 is 12.3 Å². The monoisotopic (exact) mass is 189 g/mol. The van der Waals surface area contributed by atoms with Gasteiger partial charge in [-0.05, 0) is 12.5 Å². The van der Waals surface area contributed by atoms with E-state index in [9.17, 15) is 5.21 Å². The smallest absolute Gasteiger partial charge is 0.154 e. The molecule has 0 bridgehead atoms. The highest BCUT2D eigenvalue weighted by Gasteiger charge is 1.84. The second-order valence-electron chi connectivity index (χ2n) is 2.96. The van der Waals surface area contributed by atoms with Gasteiger partial charge in [-0.3, -0.25) is 0 Å². The minimum absolute atomic E-state index is 0.513. The Hall–Kier alpha value is -1.57. The van der Waals surface area contributed by atoms with E-state index in [2.05, 4.69) is 0 Å². The summed E-state index contributed by atoms with van der Waals surface area (Å²) in [6, 6.07) is 10.0. The largest absolute Gasteiger partial charge is 0.624 e. The van der Waals surface area contributed by atoms with Crippen molar-refractivity contribution in [3.63, 3.8) is 0 Å². The molecule has 14 heavy (non-hydrogen) atoms. The number of hydroxylamine groups is 1. The molecule has 0 amide bonds. The van der Waals surface area contributed by atoms with E-state index in [1.54, 1.807) is 6.21 Å². The zero-order chi connectivity index (χ0) is 10.2. The van der Waals surface area contributed by atoms with Crippen molar-refractivity contribution in [2.45, 2.75) is 13.3 Å². The number of hydrogen-bond acceptors (Lipinski definition) is 1. The predicted molar refractivity (Wildman–Crippen MR) is 60.3 cm³/mol. The second-order valence-corrected chi connectivity index (χ2v) is 2.96. The van der Waals surface area contributed by atoms with Gasteiger partial charge in [0.1, 0.15) is 6.54 Å². The molecule has 1 aromatic carbocycles. The zero-order valence-corrected chi connectivity index (χ0v) is 8.39. The Morgan fingerprint density at radius 2 is 2.00 bits per heavy atom. The summed E-state index contributed by atoms with van der Waals surface area (Å²) in [5, 5.41) is 10.9. The van der Waals surface area contributed by atoms with E-state index < -0.39 is 0 Å². The number of rotatable bonds is 4. The summed E-state index contributed by atoms with van der Waals surface area (Å²) in [4.78, 5) is 0. The number of hydrogen-bond donors (Lipinski definition) is 0. The fourth-order valence-electron chi connectivity index (χ4n) is 1.08. The number of allylic oxidation sites excluding steroid dienone is 1. The van der Waals surface area contributed by atoms with Gasteiger partial charge in [0.2, 0.25) is 0 Å². The summed E-state index contributed by atoms with van der Waals surface area (Å²) >= 11 is 0. The van der Waals surface area contributed by atoms with Crippen LogP contribution in [0.1, 0.15) is 18.9 Å². The van der Waals surface area contributed by atoms with Crippen molar-refractivity contribution in [3.8, 4) is 0 Å². The van der Waals surface area contributed by atoms with Gasteiger partial charge < -0.3 is 5.21 Å². The minimum Gasteiger partial charge on any atom is -0.624 e. The Balaban J connectivity index is 2.42. The van der Waals surface area contributed by atoms with Gasteiger partial charge in [-0.25, -0.2) is 4.74 Å². The fourth-order valence-corrected chi connectivity index (χ4v) is 1.08. The lowest BCUT2D eigenvalue weighted by atomic mass is 10.2. The lowest BCUT2D eigenvalue weighted by Crippen LogP contribution is -2.01. The molecule has 2 nitrogen and oxygen atoms in total. The third-order valence-electron chi connectivity index (χ3n) is 1.87. The summed E-state index contributed by atoms with van der Waals surface area (Å²) in [5.74, 6) is 0. The lowest BCUT2D eigenvalue weighted by Gasteiger charge is -1.96. The average Bonchev–Trinajstić information content (AvgIpc) is 2.25. The molecule has 0 spiro atoms. The average molecular weight is 189 g/mol. The number of benzene rings is 1. The topological polar surface area (TPSA) is 26.1 Å². The molecule has 0 radical (unpaired) electrons. The first kappa shape index (κ1) is 10.5. The molecule has 0 aromatic heterocycles. The Morgan fingerprint density at radius 3 is 2.64 bits per heavy atom. The van der Waals surface area contributed by atoms with Crippen LogP contribution in [-0.4, -0.2) is 17.5 Å². The van der Waals surface area contributed by atoms with E-state index in [0.29, 0.717) is 13.0 Å². The van der Waals surface area contributed by atoms with Crippen LogP contribution in [0.15, 0.2) is 36.4 Å². The molecule has 0 unspecified atom stereocenters. The third kappa shape index (κ3) is 3.90. The van der Waals surface area contributed by atoms with Gasteiger partial charge in [0.15, 0.2) is 6.21 Å². The van der Waals surface area contributed by atoms with E-state index in [1.807, 2.05) is 49.4 Å². The highest BCUT2D eigenvalue weighted by atomic mass is 16.5. The van der Waals surface area contributed by atoms with Crippen molar-refractivity contribution in [3.05, 3.63) is 47.2 Å². The maximum Gasteiger partial charge on any atom is 0.154 e. The quantitative estimate of drug-likeness (QED) is 0.309. The van der Waals surface area contributed by atoms with Crippen LogP contribution < -0.4 is 0 Å².